The minimum Gasteiger partial charge on any atom is -0.374 e. The van der Waals surface area contributed by atoms with Crippen LogP contribution >= 0.6 is 0 Å². The number of benzene rings is 1. The van der Waals surface area contributed by atoms with Crippen molar-refractivity contribution in [1.29, 1.82) is 0 Å². The normalized spacial score (nSPS) is 21.4. The summed E-state index contributed by atoms with van der Waals surface area (Å²) in [5.41, 5.74) is 2.19. The third-order valence-corrected chi connectivity index (χ3v) is 4.89. The van der Waals surface area contributed by atoms with Gasteiger partial charge in [0.1, 0.15) is 6.04 Å². The molecule has 5 nitrogen and oxygen atoms in total. The first-order chi connectivity index (χ1) is 12.1. The molecule has 0 saturated carbocycles. The van der Waals surface area contributed by atoms with Gasteiger partial charge in [0.15, 0.2) is 0 Å². The molecule has 0 bridgehead atoms. The molecule has 2 aliphatic heterocycles. The maximum absolute atomic E-state index is 12.4. The molecule has 0 aromatic heterocycles. The predicted octanol–water partition coefficient (Wildman–Crippen LogP) is 2.29. The Morgan fingerprint density at radius 2 is 1.88 bits per heavy atom. The molecule has 1 aromatic carbocycles. The molecule has 25 heavy (non-hydrogen) atoms. The number of hydrogen-bond acceptors (Lipinski definition) is 3. The highest BCUT2D eigenvalue weighted by atomic mass is 16.2. The van der Waals surface area contributed by atoms with Crippen LogP contribution in [0.15, 0.2) is 42.2 Å². The van der Waals surface area contributed by atoms with E-state index in [1.165, 1.54) is 5.70 Å². The number of β-lactam (4-membered cyclic amide) rings is 1. The molecular weight excluding hydrogens is 314 g/mol. The third-order valence-electron chi connectivity index (χ3n) is 4.89. The van der Waals surface area contributed by atoms with Gasteiger partial charge in [-0.25, -0.2) is 0 Å². The van der Waals surface area contributed by atoms with Crippen molar-refractivity contribution in [2.45, 2.75) is 51.6 Å². The van der Waals surface area contributed by atoms with E-state index in [0.29, 0.717) is 6.42 Å². The Hall–Kier alpha value is -2.30. The average Bonchev–Trinajstić information content (AvgIpc) is 3.01. The standard InChI is InChI=1S/C20H27N3O2/c1-3-10-22(11-4-2)16-13-17-19(20(25)23(17)14-16)21-18(24)12-15-8-6-5-7-9-15/h5-9,14,17,19H,3-4,10-13H2,1-2H3,(H,21,24). The summed E-state index contributed by atoms with van der Waals surface area (Å²) in [4.78, 5) is 28.8. The van der Waals surface area contributed by atoms with Gasteiger partial charge < -0.3 is 15.1 Å². The molecule has 3 rings (SSSR count). The van der Waals surface area contributed by atoms with Gasteiger partial charge in [-0.1, -0.05) is 44.2 Å². The van der Waals surface area contributed by atoms with Crippen molar-refractivity contribution in [2.75, 3.05) is 13.1 Å². The van der Waals surface area contributed by atoms with Crippen molar-refractivity contribution in [2.24, 2.45) is 0 Å². The lowest BCUT2D eigenvalue weighted by Crippen LogP contribution is -2.67. The minimum atomic E-state index is -0.380. The zero-order valence-corrected chi connectivity index (χ0v) is 15.1. The van der Waals surface area contributed by atoms with Gasteiger partial charge in [0.05, 0.1) is 12.5 Å². The maximum Gasteiger partial charge on any atom is 0.251 e. The highest BCUT2D eigenvalue weighted by Gasteiger charge is 2.50. The molecule has 0 radical (unpaired) electrons. The van der Waals surface area contributed by atoms with E-state index in [1.807, 2.05) is 36.5 Å². The second-order valence-corrected chi connectivity index (χ2v) is 6.83. The summed E-state index contributed by atoms with van der Waals surface area (Å²) in [6.07, 6.45) is 5.32. The average molecular weight is 341 g/mol. The Labute approximate surface area is 149 Å². The molecule has 0 spiro atoms. The first-order valence-corrected chi connectivity index (χ1v) is 9.25. The molecule has 134 valence electrons. The molecule has 1 aromatic rings. The van der Waals surface area contributed by atoms with Crippen LogP contribution in [0.25, 0.3) is 0 Å². The van der Waals surface area contributed by atoms with Gasteiger partial charge in [-0.05, 0) is 18.4 Å². The Morgan fingerprint density at radius 3 is 2.52 bits per heavy atom. The summed E-state index contributed by atoms with van der Waals surface area (Å²) in [5, 5.41) is 2.93. The quantitative estimate of drug-likeness (QED) is 0.738. The fourth-order valence-electron chi connectivity index (χ4n) is 3.68. The molecule has 2 aliphatic rings. The predicted molar refractivity (Wildman–Crippen MR) is 97.6 cm³/mol. The second kappa shape index (κ2) is 7.72. The number of amides is 2. The second-order valence-electron chi connectivity index (χ2n) is 6.83. The zero-order valence-electron chi connectivity index (χ0n) is 15.1. The number of hydrogen-bond donors (Lipinski definition) is 1. The number of nitrogens with one attached hydrogen (secondary N) is 1. The van der Waals surface area contributed by atoms with Crippen molar-refractivity contribution >= 4 is 11.8 Å². The Bertz CT molecular complexity index is 650. The van der Waals surface area contributed by atoms with Crippen molar-refractivity contribution in [3.05, 3.63) is 47.8 Å². The molecule has 2 unspecified atom stereocenters. The molecule has 1 saturated heterocycles. The van der Waals surface area contributed by atoms with Gasteiger partial charge in [-0.2, -0.15) is 0 Å². The van der Waals surface area contributed by atoms with E-state index in [9.17, 15) is 9.59 Å². The molecule has 1 N–H and O–H groups in total. The van der Waals surface area contributed by atoms with Gasteiger partial charge in [0, 0.05) is 31.4 Å². The number of nitrogens with zero attached hydrogens (tertiary/aromatic N) is 2. The molecule has 5 heteroatoms. The number of carbonyl (C=O) groups excluding carboxylic acids is 2. The van der Waals surface area contributed by atoms with Gasteiger partial charge in [-0.15, -0.1) is 0 Å². The smallest absolute Gasteiger partial charge is 0.251 e. The van der Waals surface area contributed by atoms with Gasteiger partial charge in [-0.3, -0.25) is 9.59 Å². The van der Waals surface area contributed by atoms with Gasteiger partial charge in [0.25, 0.3) is 5.91 Å². The fourth-order valence-corrected chi connectivity index (χ4v) is 3.68. The van der Waals surface area contributed by atoms with E-state index in [4.69, 9.17) is 0 Å². The highest BCUT2D eigenvalue weighted by Crippen LogP contribution is 2.34. The van der Waals surface area contributed by atoms with Crippen LogP contribution in [0.3, 0.4) is 0 Å². The molecule has 2 heterocycles. The van der Waals surface area contributed by atoms with Crippen molar-refractivity contribution < 1.29 is 9.59 Å². The van der Waals surface area contributed by atoms with Crippen LogP contribution in [0.2, 0.25) is 0 Å². The van der Waals surface area contributed by atoms with Gasteiger partial charge >= 0.3 is 0 Å². The van der Waals surface area contributed by atoms with E-state index >= 15 is 0 Å². The Morgan fingerprint density at radius 1 is 1.20 bits per heavy atom. The zero-order chi connectivity index (χ0) is 17.8. The van der Waals surface area contributed by atoms with E-state index in [0.717, 1.165) is 37.9 Å². The molecule has 2 atom stereocenters. The number of rotatable bonds is 8. The first-order valence-electron chi connectivity index (χ1n) is 9.25. The monoisotopic (exact) mass is 341 g/mol. The van der Waals surface area contributed by atoms with Crippen LogP contribution in [0.4, 0.5) is 0 Å². The largest absolute Gasteiger partial charge is 0.374 e. The number of carbonyl (C=O) groups is 2. The molecular formula is C20H27N3O2. The Kier molecular flexibility index (Phi) is 5.41. The highest BCUT2D eigenvalue weighted by molar-refractivity contribution is 5.95. The lowest BCUT2D eigenvalue weighted by Gasteiger charge is -2.41. The van der Waals surface area contributed by atoms with Crippen molar-refractivity contribution in [1.82, 2.24) is 15.1 Å². The number of fused-ring (bicyclic) bond motifs is 1. The SMILES string of the molecule is CCCN(CCC)C1=CN2C(=O)C(NC(=O)Cc3ccccc3)C2C1. The molecule has 1 fully saturated rings. The van der Waals surface area contributed by atoms with Crippen molar-refractivity contribution in [3.8, 4) is 0 Å². The maximum atomic E-state index is 12.4. The minimum absolute atomic E-state index is 0.00867. The van der Waals surface area contributed by atoms with Crippen LogP contribution in [-0.4, -0.2) is 46.8 Å². The van der Waals surface area contributed by atoms with Crippen LogP contribution in [0, 0.1) is 0 Å². The Balaban J connectivity index is 1.57. The summed E-state index contributed by atoms with van der Waals surface area (Å²) in [6.45, 7) is 6.37. The molecule has 2 amide bonds. The van der Waals surface area contributed by atoms with E-state index in [-0.39, 0.29) is 23.9 Å². The fraction of sp³-hybridized carbons (Fsp3) is 0.500. The van der Waals surface area contributed by atoms with Crippen LogP contribution in [0.5, 0.6) is 0 Å². The summed E-state index contributed by atoms with van der Waals surface area (Å²) in [6, 6.07) is 9.32. The summed E-state index contributed by atoms with van der Waals surface area (Å²) in [7, 11) is 0. The summed E-state index contributed by atoms with van der Waals surface area (Å²) in [5.74, 6) is -0.0778. The topological polar surface area (TPSA) is 52.6 Å². The summed E-state index contributed by atoms with van der Waals surface area (Å²) < 4.78 is 0. The van der Waals surface area contributed by atoms with E-state index < -0.39 is 0 Å². The van der Waals surface area contributed by atoms with Crippen molar-refractivity contribution in [3.63, 3.8) is 0 Å². The van der Waals surface area contributed by atoms with E-state index in [2.05, 4.69) is 24.1 Å². The van der Waals surface area contributed by atoms with Crippen LogP contribution in [0.1, 0.15) is 38.7 Å². The first kappa shape index (κ1) is 17.5. The third kappa shape index (κ3) is 3.70. The van der Waals surface area contributed by atoms with Crippen LogP contribution in [-0.2, 0) is 16.0 Å². The van der Waals surface area contributed by atoms with Gasteiger partial charge in [0.2, 0.25) is 5.91 Å². The molecule has 0 aliphatic carbocycles. The lowest BCUT2D eigenvalue weighted by molar-refractivity contribution is -0.147. The summed E-state index contributed by atoms with van der Waals surface area (Å²) >= 11 is 0. The van der Waals surface area contributed by atoms with Crippen LogP contribution < -0.4 is 5.32 Å². The lowest BCUT2D eigenvalue weighted by atomic mass is 9.94. The van der Waals surface area contributed by atoms with E-state index in [1.54, 1.807) is 4.90 Å².